The predicted molar refractivity (Wildman–Crippen MR) is 82.9 cm³/mol. The van der Waals surface area contributed by atoms with Gasteiger partial charge in [-0.3, -0.25) is 0 Å². The van der Waals surface area contributed by atoms with Crippen molar-refractivity contribution in [3.05, 3.63) is 17.0 Å². The molecule has 0 unspecified atom stereocenters. The second-order valence-corrected chi connectivity index (χ2v) is 5.40. The second-order valence-electron chi connectivity index (χ2n) is 5.07. The highest BCUT2D eigenvalue weighted by Gasteiger charge is 1.99. The van der Waals surface area contributed by atoms with Gasteiger partial charge in [0.15, 0.2) is 0 Å². The van der Waals surface area contributed by atoms with E-state index in [9.17, 15) is 0 Å². The Hall–Kier alpha value is -0.830. The Morgan fingerprint density at radius 2 is 1.63 bits per heavy atom. The van der Waals surface area contributed by atoms with Crippen LogP contribution in [0.5, 0.6) is 0 Å². The Balaban J connectivity index is 2.01. The van der Waals surface area contributed by atoms with Crippen molar-refractivity contribution in [3.8, 4) is 0 Å². The van der Waals surface area contributed by atoms with Crippen molar-refractivity contribution < 1.29 is 0 Å². The van der Waals surface area contributed by atoms with Crippen molar-refractivity contribution in [1.29, 1.82) is 0 Å². The van der Waals surface area contributed by atoms with E-state index in [1.54, 1.807) is 0 Å². The third-order valence-corrected chi connectivity index (χ3v) is 3.33. The lowest BCUT2D eigenvalue weighted by Crippen LogP contribution is -2.04. The van der Waals surface area contributed by atoms with Gasteiger partial charge < -0.3 is 5.32 Å². The number of nitrogens with one attached hydrogen (secondary N) is 1. The van der Waals surface area contributed by atoms with E-state index in [0.29, 0.717) is 5.28 Å². The van der Waals surface area contributed by atoms with Crippen molar-refractivity contribution in [2.45, 2.75) is 65.2 Å². The van der Waals surface area contributed by atoms with Gasteiger partial charge in [-0.05, 0) is 24.9 Å². The summed E-state index contributed by atoms with van der Waals surface area (Å²) in [5, 5.41) is 3.62. The minimum atomic E-state index is 0.318. The summed E-state index contributed by atoms with van der Waals surface area (Å²) in [5.41, 5.74) is 0.901. The molecule has 1 N–H and O–H groups in total. The number of rotatable bonds is 10. The van der Waals surface area contributed by atoms with Crippen LogP contribution in [0, 0.1) is 6.92 Å². The molecular weight excluding hydrogens is 258 g/mol. The lowest BCUT2D eigenvalue weighted by molar-refractivity contribution is 0.581. The van der Waals surface area contributed by atoms with Gasteiger partial charge in [0.2, 0.25) is 5.28 Å². The monoisotopic (exact) mass is 283 g/mol. The van der Waals surface area contributed by atoms with Gasteiger partial charge in [0, 0.05) is 18.3 Å². The highest BCUT2D eigenvalue weighted by Crippen LogP contribution is 2.11. The first-order valence-electron chi connectivity index (χ1n) is 7.47. The molecule has 1 heterocycles. The maximum Gasteiger partial charge on any atom is 0.224 e. The van der Waals surface area contributed by atoms with E-state index in [1.165, 1.54) is 51.4 Å². The van der Waals surface area contributed by atoms with E-state index in [4.69, 9.17) is 11.6 Å². The van der Waals surface area contributed by atoms with Gasteiger partial charge in [-0.2, -0.15) is 0 Å². The van der Waals surface area contributed by atoms with Gasteiger partial charge in [0.1, 0.15) is 5.82 Å². The molecular formula is C15H26ClN3. The lowest BCUT2D eigenvalue weighted by atomic mass is 10.1. The van der Waals surface area contributed by atoms with Crippen LogP contribution >= 0.6 is 11.6 Å². The molecule has 108 valence electrons. The molecule has 0 bridgehead atoms. The SMILES string of the molecule is CCCCCCCCCCNc1cc(C)nc(Cl)n1. The highest BCUT2D eigenvalue weighted by atomic mass is 35.5. The fourth-order valence-electron chi connectivity index (χ4n) is 2.10. The molecule has 1 aromatic heterocycles. The standard InChI is InChI=1S/C15H26ClN3/c1-3-4-5-6-7-8-9-10-11-17-14-12-13(2)18-15(16)19-14/h12H,3-11H2,1-2H3,(H,17,18,19). The highest BCUT2D eigenvalue weighted by molar-refractivity contribution is 6.28. The summed E-state index contributed by atoms with van der Waals surface area (Å²) in [6.45, 7) is 5.14. The molecule has 0 aliphatic heterocycles. The van der Waals surface area contributed by atoms with Crippen LogP contribution in [0.4, 0.5) is 5.82 Å². The van der Waals surface area contributed by atoms with Crippen LogP contribution in [0.25, 0.3) is 0 Å². The van der Waals surface area contributed by atoms with E-state index in [-0.39, 0.29) is 0 Å². The maximum absolute atomic E-state index is 5.81. The van der Waals surface area contributed by atoms with Crippen LogP contribution in [-0.4, -0.2) is 16.5 Å². The molecule has 0 saturated heterocycles. The third-order valence-electron chi connectivity index (χ3n) is 3.16. The van der Waals surface area contributed by atoms with Crippen LogP contribution in [0.3, 0.4) is 0 Å². The van der Waals surface area contributed by atoms with Gasteiger partial charge in [0.05, 0.1) is 0 Å². The molecule has 1 aromatic rings. The summed E-state index contributed by atoms with van der Waals surface area (Å²) in [4.78, 5) is 8.19. The van der Waals surface area contributed by atoms with E-state index in [2.05, 4.69) is 22.2 Å². The average Bonchev–Trinajstić information content (AvgIpc) is 2.36. The Morgan fingerprint density at radius 1 is 1.00 bits per heavy atom. The molecule has 0 atom stereocenters. The van der Waals surface area contributed by atoms with Crippen molar-refractivity contribution >= 4 is 17.4 Å². The van der Waals surface area contributed by atoms with Gasteiger partial charge in [-0.25, -0.2) is 9.97 Å². The molecule has 0 aliphatic rings. The first kappa shape index (κ1) is 16.2. The molecule has 19 heavy (non-hydrogen) atoms. The quantitative estimate of drug-likeness (QED) is 0.485. The number of halogens is 1. The van der Waals surface area contributed by atoms with Gasteiger partial charge in [-0.1, -0.05) is 51.9 Å². The molecule has 0 radical (unpaired) electrons. The molecule has 0 aliphatic carbocycles. The molecule has 0 spiro atoms. The number of anilines is 1. The fourth-order valence-corrected chi connectivity index (χ4v) is 2.32. The fraction of sp³-hybridized carbons (Fsp3) is 0.733. The first-order valence-corrected chi connectivity index (χ1v) is 7.85. The average molecular weight is 284 g/mol. The molecule has 1 rings (SSSR count). The number of hydrogen-bond acceptors (Lipinski definition) is 3. The zero-order valence-corrected chi connectivity index (χ0v) is 13.0. The predicted octanol–water partition coefficient (Wildman–Crippen LogP) is 4.99. The number of aromatic nitrogens is 2. The smallest absolute Gasteiger partial charge is 0.224 e. The van der Waals surface area contributed by atoms with Crippen molar-refractivity contribution in [2.75, 3.05) is 11.9 Å². The first-order chi connectivity index (χ1) is 9.22. The molecule has 4 heteroatoms. The normalized spacial score (nSPS) is 10.7. The van der Waals surface area contributed by atoms with E-state index in [0.717, 1.165) is 18.1 Å². The molecule has 0 aromatic carbocycles. The molecule has 0 amide bonds. The van der Waals surface area contributed by atoms with Crippen molar-refractivity contribution in [2.24, 2.45) is 0 Å². The van der Waals surface area contributed by atoms with Gasteiger partial charge in [-0.15, -0.1) is 0 Å². The van der Waals surface area contributed by atoms with Crippen LogP contribution in [0.2, 0.25) is 5.28 Å². The van der Waals surface area contributed by atoms with Crippen LogP contribution in [-0.2, 0) is 0 Å². The van der Waals surface area contributed by atoms with Crippen molar-refractivity contribution in [1.82, 2.24) is 9.97 Å². The number of aryl methyl sites for hydroxylation is 1. The Kier molecular flexibility index (Phi) is 8.55. The molecule has 0 saturated carbocycles. The number of nitrogens with zero attached hydrogens (tertiary/aromatic N) is 2. The van der Waals surface area contributed by atoms with E-state index < -0.39 is 0 Å². The second kappa shape index (κ2) is 10.0. The zero-order chi connectivity index (χ0) is 13.9. The summed E-state index contributed by atoms with van der Waals surface area (Å²) in [5.74, 6) is 0.834. The number of hydrogen-bond donors (Lipinski definition) is 1. The summed E-state index contributed by atoms with van der Waals surface area (Å²) in [7, 11) is 0. The van der Waals surface area contributed by atoms with Gasteiger partial charge >= 0.3 is 0 Å². The summed E-state index contributed by atoms with van der Waals surface area (Å²) < 4.78 is 0. The zero-order valence-electron chi connectivity index (χ0n) is 12.2. The lowest BCUT2D eigenvalue weighted by Gasteiger charge is -2.06. The molecule has 3 nitrogen and oxygen atoms in total. The van der Waals surface area contributed by atoms with Crippen LogP contribution in [0.15, 0.2) is 6.07 Å². The van der Waals surface area contributed by atoms with Gasteiger partial charge in [0.25, 0.3) is 0 Å². The van der Waals surface area contributed by atoms with Crippen LogP contribution < -0.4 is 5.32 Å². The minimum absolute atomic E-state index is 0.318. The van der Waals surface area contributed by atoms with E-state index >= 15 is 0 Å². The summed E-state index contributed by atoms with van der Waals surface area (Å²) in [6.07, 6.45) is 10.7. The minimum Gasteiger partial charge on any atom is -0.370 e. The number of unbranched alkanes of at least 4 members (excludes halogenated alkanes) is 7. The van der Waals surface area contributed by atoms with E-state index in [1.807, 2.05) is 13.0 Å². The summed E-state index contributed by atoms with van der Waals surface area (Å²) >= 11 is 5.81. The third kappa shape index (κ3) is 8.04. The van der Waals surface area contributed by atoms with Crippen LogP contribution in [0.1, 0.15) is 64.0 Å². The topological polar surface area (TPSA) is 37.8 Å². The largest absolute Gasteiger partial charge is 0.370 e. The maximum atomic E-state index is 5.81. The summed E-state index contributed by atoms with van der Waals surface area (Å²) in [6, 6.07) is 1.93. The Bertz CT molecular complexity index is 335. The van der Waals surface area contributed by atoms with Crippen molar-refractivity contribution in [3.63, 3.8) is 0 Å². The molecule has 0 fully saturated rings. The Labute approximate surface area is 122 Å². The Morgan fingerprint density at radius 3 is 2.26 bits per heavy atom.